The first-order chi connectivity index (χ1) is 14.9. The second-order valence-electron chi connectivity index (χ2n) is 6.50. The van der Waals surface area contributed by atoms with Gasteiger partial charge in [0.2, 0.25) is 0 Å². The molecule has 0 unspecified atom stereocenters. The molecule has 0 aliphatic heterocycles. The van der Waals surface area contributed by atoms with Crippen LogP contribution in [0.25, 0.3) is 11.6 Å². The van der Waals surface area contributed by atoms with E-state index in [0.29, 0.717) is 32.7 Å². The Labute approximate surface area is 189 Å². The number of carboxylic acids is 1. The molecule has 0 bridgehead atoms. The molecule has 3 aromatic rings. The van der Waals surface area contributed by atoms with Gasteiger partial charge >= 0.3 is 5.97 Å². The molecule has 31 heavy (non-hydrogen) atoms. The van der Waals surface area contributed by atoms with E-state index in [1.165, 1.54) is 19.2 Å². The number of hydrogen-bond acceptors (Lipinski definition) is 4. The van der Waals surface area contributed by atoms with Gasteiger partial charge in [0.25, 0.3) is 0 Å². The molecule has 0 saturated carbocycles. The molecule has 7 heteroatoms. The van der Waals surface area contributed by atoms with Gasteiger partial charge in [-0.3, -0.25) is 0 Å². The van der Waals surface area contributed by atoms with Crippen molar-refractivity contribution in [3.63, 3.8) is 0 Å². The lowest BCUT2D eigenvalue weighted by Crippen LogP contribution is -2.00. The summed E-state index contributed by atoms with van der Waals surface area (Å²) in [6.45, 7) is 0.180. The molecule has 0 radical (unpaired) electrons. The number of nitrogens with zero attached hydrogens (tertiary/aromatic N) is 1. The second-order valence-corrected chi connectivity index (χ2v) is 7.35. The van der Waals surface area contributed by atoms with Gasteiger partial charge in [-0.15, -0.1) is 0 Å². The average Bonchev–Trinajstić information content (AvgIpc) is 2.77. The topological polar surface area (TPSA) is 79.5 Å². The first kappa shape index (κ1) is 22.2. The van der Waals surface area contributed by atoms with E-state index in [-0.39, 0.29) is 12.2 Å². The van der Waals surface area contributed by atoms with Gasteiger partial charge in [0.15, 0.2) is 11.5 Å². The van der Waals surface area contributed by atoms with Gasteiger partial charge in [0, 0.05) is 5.02 Å². The van der Waals surface area contributed by atoms with Crippen LogP contribution in [0.2, 0.25) is 10.0 Å². The number of carbonyl (C=O) groups is 1. The molecule has 0 atom stereocenters. The molecule has 0 heterocycles. The summed E-state index contributed by atoms with van der Waals surface area (Å²) in [6, 6.07) is 18.9. The van der Waals surface area contributed by atoms with Crippen LogP contribution in [-0.4, -0.2) is 18.2 Å². The van der Waals surface area contributed by atoms with E-state index in [1.807, 2.05) is 0 Å². The predicted octanol–water partition coefficient (Wildman–Crippen LogP) is 6.34. The minimum Gasteiger partial charge on any atom is -0.493 e. The van der Waals surface area contributed by atoms with Crippen molar-refractivity contribution in [1.29, 1.82) is 5.26 Å². The van der Waals surface area contributed by atoms with Gasteiger partial charge in [-0.05, 0) is 59.2 Å². The second kappa shape index (κ2) is 10.0. The fraction of sp³-hybridized carbons (Fsp3) is 0.0833. The SMILES string of the molecule is COc1cc(/C=C(/C#N)c2ccc(Cl)cc2)cc(Cl)c1OCc1ccc(C(=O)O)cc1. The first-order valence-corrected chi connectivity index (χ1v) is 9.87. The van der Waals surface area contributed by atoms with Crippen LogP contribution in [0.1, 0.15) is 27.0 Å². The van der Waals surface area contributed by atoms with E-state index < -0.39 is 5.97 Å². The number of carboxylic acid groups (broad SMARTS) is 1. The van der Waals surface area contributed by atoms with Gasteiger partial charge in [-0.1, -0.05) is 47.5 Å². The third kappa shape index (κ3) is 5.58. The monoisotopic (exact) mass is 453 g/mol. The van der Waals surface area contributed by atoms with E-state index in [9.17, 15) is 10.1 Å². The molecule has 0 saturated heterocycles. The maximum atomic E-state index is 11.0. The number of methoxy groups -OCH3 is 1. The van der Waals surface area contributed by atoms with Crippen LogP contribution in [0.5, 0.6) is 11.5 Å². The van der Waals surface area contributed by atoms with Crippen molar-refractivity contribution in [3.8, 4) is 17.6 Å². The van der Waals surface area contributed by atoms with Crippen molar-refractivity contribution in [1.82, 2.24) is 0 Å². The van der Waals surface area contributed by atoms with Crippen molar-refractivity contribution >= 4 is 40.8 Å². The zero-order valence-corrected chi connectivity index (χ0v) is 17.9. The third-order valence-corrected chi connectivity index (χ3v) is 4.96. The Morgan fingerprint density at radius 2 is 1.71 bits per heavy atom. The zero-order valence-electron chi connectivity index (χ0n) is 16.4. The molecular formula is C24H17Cl2NO4. The lowest BCUT2D eigenvalue weighted by molar-refractivity contribution is 0.0697. The number of allylic oxidation sites excluding steroid dienone is 1. The molecule has 0 aliphatic rings. The maximum absolute atomic E-state index is 11.0. The van der Waals surface area contributed by atoms with Crippen molar-refractivity contribution in [2.75, 3.05) is 7.11 Å². The summed E-state index contributed by atoms with van der Waals surface area (Å²) in [7, 11) is 1.50. The smallest absolute Gasteiger partial charge is 0.335 e. The Hall–Kier alpha value is -3.46. The Morgan fingerprint density at radius 1 is 1.06 bits per heavy atom. The lowest BCUT2D eigenvalue weighted by Gasteiger charge is -2.14. The lowest BCUT2D eigenvalue weighted by atomic mass is 10.0. The van der Waals surface area contributed by atoms with E-state index >= 15 is 0 Å². The van der Waals surface area contributed by atoms with Crippen LogP contribution in [0.15, 0.2) is 60.7 Å². The van der Waals surface area contributed by atoms with E-state index in [2.05, 4.69) is 6.07 Å². The summed E-state index contributed by atoms with van der Waals surface area (Å²) in [5.41, 5.74) is 2.83. The van der Waals surface area contributed by atoms with Gasteiger partial charge < -0.3 is 14.6 Å². The number of aromatic carboxylic acids is 1. The van der Waals surface area contributed by atoms with Crippen molar-refractivity contribution < 1.29 is 19.4 Å². The highest BCUT2D eigenvalue weighted by atomic mass is 35.5. The Balaban J connectivity index is 1.84. The maximum Gasteiger partial charge on any atom is 0.335 e. The van der Waals surface area contributed by atoms with Crippen LogP contribution >= 0.6 is 23.2 Å². The summed E-state index contributed by atoms with van der Waals surface area (Å²) in [6.07, 6.45) is 1.70. The van der Waals surface area contributed by atoms with Crippen LogP contribution in [0.4, 0.5) is 0 Å². The number of benzene rings is 3. The Kier molecular flexibility index (Phi) is 7.19. The molecule has 5 nitrogen and oxygen atoms in total. The molecular weight excluding hydrogens is 437 g/mol. The summed E-state index contributed by atoms with van der Waals surface area (Å²) in [4.78, 5) is 11.0. The van der Waals surface area contributed by atoms with Gasteiger partial charge in [0.05, 0.1) is 29.3 Å². The highest BCUT2D eigenvalue weighted by Crippen LogP contribution is 2.38. The normalized spacial score (nSPS) is 11.0. The van der Waals surface area contributed by atoms with Crippen molar-refractivity contribution in [2.24, 2.45) is 0 Å². The van der Waals surface area contributed by atoms with Gasteiger partial charge in [0.1, 0.15) is 6.61 Å². The Morgan fingerprint density at radius 3 is 2.29 bits per heavy atom. The predicted molar refractivity (Wildman–Crippen MR) is 121 cm³/mol. The molecule has 3 aromatic carbocycles. The molecule has 156 valence electrons. The molecule has 3 rings (SSSR count). The molecule has 1 N–H and O–H groups in total. The standard InChI is InChI=1S/C24H17Cl2NO4/c1-30-22-12-16(10-19(13-27)17-6-8-20(25)9-7-17)11-21(26)23(22)31-14-15-2-4-18(5-3-15)24(28)29/h2-12H,14H2,1H3,(H,28,29)/b19-10-. The van der Waals surface area contributed by atoms with Gasteiger partial charge in [-0.2, -0.15) is 5.26 Å². The molecule has 0 aliphatic carbocycles. The average molecular weight is 454 g/mol. The number of ether oxygens (including phenoxy) is 2. The van der Waals surface area contributed by atoms with Crippen molar-refractivity contribution in [3.05, 3.63) is 93.0 Å². The van der Waals surface area contributed by atoms with E-state index in [1.54, 1.807) is 54.6 Å². The van der Waals surface area contributed by atoms with Crippen LogP contribution in [-0.2, 0) is 6.61 Å². The zero-order chi connectivity index (χ0) is 22.4. The number of halogens is 2. The summed E-state index contributed by atoms with van der Waals surface area (Å²) in [5, 5.41) is 19.4. The molecule has 0 spiro atoms. The first-order valence-electron chi connectivity index (χ1n) is 9.11. The highest BCUT2D eigenvalue weighted by Gasteiger charge is 2.13. The van der Waals surface area contributed by atoms with E-state index in [0.717, 1.165) is 11.1 Å². The quantitative estimate of drug-likeness (QED) is 0.333. The summed E-state index contributed by atoms with van der Waals surface area (Å²) in [5.74, 6) is -0.223. The van der Waals surface area contributed by atoms with Gasteiger partial charge in [-0.25, -0.2) is 4.79 Å². The van der Waals surface area contributed by atoms with Crippen molar-refractivity contribution in [2.45, 2.75) is 6.61 Å². The van der Waals surface area contributed by atoms with Crippen LogP contribution in [0, 0.1) is 11.3 Å². The Bertz CT molecular complexity index is 1160. The fourth-order valence-corrected chi connectivity index (χ4v) is 3.24. The number of rotatable bonds is 7. The van der Waals surface area contributed by atoms with Crippen LogP contribution < -0.4 is 9.47 Å². The van der Waals surface area contributed by atoms with E-state index in [4.69, 9.17) is 37.8 Å². The van der Waals surface area contributed by atoms with Crippen LogP contribution in [0.3, 0.4) is 0 Å². The minimum absolute atomic E-state index is 0.180. The minimum atomic E-state index is -0.990. The summed E-state index contributed by atoms with van der Waals surface area (Å²) >= 11 is 12.3. The molecule has 0 fully saturated rings. The largest absolute Gasteiger partial charge is 0.493 e. The third-order valence-electron chi connectivity index (χ3n) is 4.42. The number of nitriles is 1. The molecule has 0 amide bonds. The summed E-state index contributed by atoms with van der Waals surface area (Å²) < 4.78 is 11.3. The fourth-order valence-electron chi connectivity index (χ4n) is 2.84. The molecule has 0 aromatic heterocycles. The number of hydrogen-bond donors (Lipinski definition) is 1. The highest BCUT2D eigenvalue weighted by molar-refractivity contribution is 6.32.